The first-order chi connectivity index (χ1) is 11.7. The van der Waals surface area contributed by atoms with E-state index in [4.69, 9.17) is 9.26 Å². The van der Waals surface area contributed by atoms with Crippen molar-refractivity contribution in [1.29, 1.82) is 0 Å². The maximum absolute atomic E-state index is 12.3. The molecule has 1 aliphatic heterocycles. The van der Waals surface area contributed by atoms with Gasteiger partial charge in [-0.3, -0.25) is 0 Å². The number of hydrogen-bond acceptors (Lipinski definition) is 5. The molecule has 0 bridgehead atoms. The monoisotopic (exact) mass is 336 g/mol. The molecule has 24 heavy (non-hydrogen) atoms. The highest BCUT2D eigenvalue weighted by Crippen LogP contribution is 2.19. The van der Waals surface area contributed by atoms with Crippen LogP contribution in [0.15, 0.2) is 4.52 Å². The van der Waals surface area contributed by atoms with Gasteiger partial charge in [-0.1, -0.05) is 24.4 Å². The Morgan fingerprint density at radius 2 is 2.00 bits per heavy atom. The molecule has 0 radical (unpaired) electrons. The largest absolute Gasteiger partial charge is 0.378 e. The van der Waals surface area contributed by atoms with Crippen molar-refractivity contribution in [1.82, 2.24) is 20.4 Å². The van der Waals surface area contributed by atoms with Crippen LogP contribution in [0.2, 0.25) is 0 Å². The van der Waals surface area contributed by atoms with Gasteiger partial charge in [-0.05, 0) is 25.7 Å². The van der Waals surface area contributed by atoms with E-state index in [1.165, 1.54) is 19.3 Å². The number of amides is 2. The summed E-state index contributed by atoms with van der Waals surface area (Å²) in [7, 11) is 0. The molecule has 2 amide bonds. The third-order valence-corrected chi connectivity index (χ3v) is 4.91. The van der Waals surface area contributed by atoms with Gasteiger partial charge in [0.05, 0.1) is 12.7 Å². The van der Waals surface area contributed by atoms with Gasteiger partial charge in [-0.15, -0.1) is 0 Å². The number of nitrogens with one attached hydrogen (secondary N) is 1. The maximum Gasteiger partial charge on any atom is 0.317 e. The summed E-state index contributed by atoms with van der Waals surface area (Å²) in [6.07, 6.45) is 8.70. The normalized spacial score (nSPS) is 20.3. The predicted molar refractivity (Wildman–Crippen MR) is 88.7 cm³/mol. The number of nitrogens with zero attached hydrogens (tertiary/aromatic N) is 3. The Balaban J connectivity index is 1.32. The number of likely N-dealkylation sites (tertiary alicyclic amines) is 1. The van der Waals surface area contributed by atoms with Crippen molar-refractivity contribution >= 4 is 6.03 Å². The summed E-state index contributed by atoms with van der Waals surface area (Å²) in [5.41, 5.74) is 0. The van der Waals surface area contributed by atoms with Gasteiger partial charge in [0.25, 0.3) is 0 Å². The summed E-state index contributed by atoms with van der Waals surface area (Å²) in [6, 6.07) is 0.473. The number of aromatic nitrogens is 2. The molecule has 1 aromatic rings. The topological polar surface area (TPSA) is 80.5 Å². The zero-order chi connectivity index (χ0) is 16.8. The first-order valence-electron chi connectivity index (χ1n) is 9.17. The zero-order valence-electron chi connectivity index (χ0n) is 14.5. The summed E-state index contributed by atoms with van der Waals surface area (Å²) in [6.45, 7) is 3.92. The second-order valence-corrected chi connectivity index (χ2v) is 6.82. The minimum Gasteiger partial charge on any atom is -0.378 e. The average Bonchev–Trinajstić information content (AvgIpc) is 3.02. The first kappa shape index (κ1) is 17.2. The summed E-state index contributed by atoms with van der Waals surface area (Å²) >= 11 is 0. The van der Waals surface area contributed by atoms with Crippen LogP contribution in [0.25, 0.3) is 0 Å². The minimum atomic E-state index is 0.0997. The maximum atomic E-state index is 12.3. The Morgan fingerprint density at radius 1 is 1.25 bits per heavy atom. The number of ether oxygens (including phenoxy) is 1. The minimum absolute atomic E-state index is 0.0997. The lowest BCUT2D eigenvalue weighted by molar-refractivity contribution is 0.0155. The van der Waals surface area contributed by atoms with Crippen molar-refractivity contribution in [3.63, 3.8) is 0 Å². The highest BCUT2D eigenvalue weighted by molar-refractivity contribution is 5.74. The van der Waals surface area contributed by atoms with Gasteiger partial charge in [0.15, 0.2) is 5.82 Å². The molecular formula is C17H28N4O3. The number of carbonyl (C=O) groups excluding carboxylic acids is 1. The number of aryl methyl sites for hydroxylation is 1. The van der Waals surface area contributed by atoms with Crippen LogP contribution in [0.5, 0.6) is 0 Å². The van der Waals surface area contributed by atoms with E-state index < -0.39 is 0 Å². The molecule has 0 atom stereocenters. The molecule has 7 nitrogen and oxygen atoms in total. The molecule has 1 saturated heterocycles. The molecule has 3 rings (SSSR count). The third-order valence-electron chi connectivity index (χ3n) is 4.91. The third kappa shape index (κ3) is 4.93. The molecule has 0 aromatic carbocycles. The van der Waals surface area contributed by atoms with E-state index in [1.54, 1.807) is 6.92 Å². The van der Waals surface area contributed by atoms with Crippen LogP contribution in [0.3, 0.4) is 0 Å². The average molecular weight is 336 g/mol. The van der Waals surface area contributed by atoms with Crippen LogP contribution in [0.4, 0.5) is 4.79 Å². The number of piperidine rings is 1. The Labute approximate surface area is 143 Å². The van der Waals surface area contributed by atoms with E-state index in [2.05, 4.69) is 15.5 Å². The molecule has 2 fully saturated rings. The Morgan fingerprint density at radius 3 is 2.67 bits per heavy atom. The molecule has 1 saturated carbocycles. The molecule has 0 spiro atoms. The zero-order valence-corrected chi connectivity index (χ0v) is 14.5. The van der Waals surface area contributed by atoms with Crippen LogP contribution in [-0.4, -0.2) is 52.9 Å². The standard InChI is InChI=1S/C17H28N4O3/c1-13-18-16(20-24-13)9-12-23-15-7-10-21(11-8-15)17(22)19-14-5-3-2-4-6-14/h14-15H,2-12H2,1H3,(H,19,22). The highest BCUT2D eigenvalue weighted by Gasteiger charge is 2.25. The predicted octanol–water partition coefficient (Wildman–Crippen LogP) is 2.44. The first-order valence-corrected chi connectivity index (χ1v) is 9.17. The molecular weight excluding hydrogens is 308 g/mol. The highest BCUT2D eigenvalue weighted by atomic mass is 16.5. The Bertz CT molecular complexity index is 520. The molecule has 7 heteroatoms. The van der Waals surface area contributed by atoms with Gasteiger partial charge in [-0.2, -0.15) is 4.98 Å². The van der Waals surface area contributed by atoms with Crippen molar-refractivity contribution in [3.8, 4) is 0 Å². The van der Waals surface area contributed by atoms with Crippen molar-refractivity contribution in [2.45, 2.75) is 70.4 Å². The summed E-state index contributed by atoms with van der Waals surface area (Å²) in [5.74, 6) is 1.28. The van der Waals surface area contributed by atoms with Crippen LogP contribution in [0.1, 0.15) is 56.7 Å². The van der Waals surface area contributed by atoms with Gasteiger partial charge < -0.3 is 19.5 Å². The molecule has 2 aliphatic rings. The van der Waals surface area contributed by atoms with Gasteiger partial charge in [0.2, 0.25) is 5.89 Å². The molecule has 1 aromatic heterocycles. The van der Waals surface area contributed by atoms with E-state index in [-0.39, 0.29) is 12.1 Å². The van der Waals surface area contributed by atoms with Gasteiger partial charge in [0.1, 0.15) is 0 Å². The van der Waals surface area contributed by atoms with Crippen LogP contribution < -0.4 is 5.32 Å². The number of hydrogen-bond donors (Lipinski definition) is 1. The Kier molecular flexibility index (Phi) is 6.07. The van der Waals surface area contributed by atoms with E-state index in [0.29, 0.717) is 30.8 Å². The van der Waals surface area contributed by atoms with Gasteiger partial charge in [-0.25, -0.2) is 4.79 Å². The Hall–Kier alpha value is -1.63. The van der Waals surface area contributed by atoms with E-state index in [9.17, 15) is 4.79 Å². The van der Waals surface area contributed by atoms with E-state index in [1.807, 2.05) is 4.90 Å². The van der Waals surface area contributed by atoms with Crippen LogP contribution in [0, 0.1) is 6.92 Å². The number of rotatable bonds is 5. The fraction of sp³-hybridized carbons (Fsp3) is 0.824. The van der Waals surface area contributed by atoms with Gasteiger partial charge in [0, 0.05) is 32.5 Å². The van der Waals surface area contributed by atoms with Crippen LogP contribution in [-0.2, 0) is 11.2 Å². The SMILES string of the molecule is Cc1nc(CCOC2CCN(C(=O)NC3CCCCC3)CC2)no1. The fourth-order valence-electron chi connectivity index (χ4n) is 3.50. The summed E-state index contributed by atoms with van der Waals surface area (Å²) in [5, 5.41) is 7.05. The van der Waals surface area contributed by atoms with Crippen molar-refractivity contribution in [2.24, 2.45) is 0 Å². The van der Waals surface area contributed by atoms with Crippen molar-refractivity contribution in [3.05, 3.63) is 11.7 Å². The molecule has 134 valence electrons. The second kappa shape index (κ2) is 8.46. The second-order valence-electron chi connectivity index (χ2n) is 6.82. The summed E-state index contributed by atoms with van der Waals surface area (Å²) < 4.78 is 10.8. The van der Waals surface area contributed by atoms with Crippen molar-refractivity contribution in [2.75, 3.05) is 19.7 Å². The van der Waals surface area contributed by atoms with E-state index >= 15 is 0 Å². The molecule has 1 N–H and O–H groups in total. The van der Waals surface area contributed by atoms with Crippen molar-refractivity contribution < 1.29 is 14.1 Å². The quantitative estimate of drug-likeness (QED) is 0.893. The number of carbonyl (C=O) groups is 1. The number of urea groups is 1. The lowest BCUT2D eigenvalue weighted by Crippen LogP contribution is -2.49. The fourth-order valence-corrected chi connectivity index (χ4v) is 3.50. The van der Waals surface area contributed by atoms with Gasteiger partial charge >= 0.3 is 6.03 Å². The summed E-state index contributed by atoms with van der Waals surface area (Å²) in [4.78, 5) is 18.4. The van der Waals surface area contributed by atoms with Crippen LogP contribution >= 0.6 is 0 Å². The lowest BCUT2D eigenvalue weighted by Gasteiger charge is -2.33. The van der Waals surface area contributed by atoms with E-state index in [0.717, 1.165) is 38.8 Å². The molecule has 0 unspecified atom stereocenters. The lowest BCUT2D eigenvalue weighted by atomic mass is 9.96. The molecule has 2 heterocycles. The molecule has 1 aliphatic carbocycles. The smallest absolute Gasteiger partial charge is 0.317 e.